The normalized spacial score (nSPS) is 18.4. The molecule has 0 spiro atoms. The first-order valence-electron chi connectivity index (χ1n) is 12.5. The molecule has 0 bridgehead atoms. The lowest BCUT2D eigenvalue weighted by molar-refractivity contribution is -0.275. The summed E-state index contributed by atoms with van der Waals surface area (Å²) >= 11 is 0. The first-order valence-corrected chi connectivity index (χ1v) is 12.5. The van der Waals surface area contributed by atoms with E-state index in [0.717, 1.165) is 12.0 Å². The Bertz CT molecular complexity index is 1060. The SMILES string of the molecule is CC(C)CN(Cc1ccc2c(c1)OCCCO2)C(=O)C1CN(Cc2ccccc2OC(F)(F)F)CCO1. The zero-order chi connectivity index (χ0) is 26.4. The van der Waals surface area contributed by atoms with E-state index in [1.807, 2.05) is 36.9 Å². The molecule has 1 fully saturated rings. The van der Waals surface area contributed by atoms with E-state index >= 15 is 0 Å². The summed E-state index contributed by atoms with van der Waals surface area (Å²) in [7, 11) is 0. The summed E-state index contributed by atoms with van der Waals surface area (Å²) in [4.78, 5) is 17.3. The van der Waals surface area contributed by atoms with E-state index in [-0.39, 0.29) is 30.7 Å². The maximum Gasteiger partial charge on any atom is 0.573 e. The van der Waals surface area contributed by atoms with Gasteiger partial charge in [-0.3, -0.25) is 9.69 Å². The summed E-state index contributed by atoms with van der Waals surface area (Å²) in [6.45, 7) is 7.47. The van der Waals surface area contributed by atoms with Crippen molar-refractivity contribution in [3.63, 3.8) is 0 Å². The number of carbonyl (C=O) groups excluding carboxylic acids is 1. The third kappa shape index (κ3) is 7.75. The fourth-order valence-corrected chi connectivity index (χ4v) is 4.50. The van der Waals surface area contributed by atoms with E-state index in [0.29, 0.717) is 56.5 Å². The number of rotatable bonds is 8. The van der Waals surface area contributed by atoms with Crippen LogP contribution in [-0.4, -0.2) is 67.6 Å². The fourth-order valence-electron chi connectivity index (χ4n) is 4.50. The third-order valence-corrected chi connectivity index (χ3v) is 6.10. The van der Waals surface area contributed by atoms with Crippen molar-refractivity contribution in [1.29, 1.82) is 0 Å². The minimum atomic E-state index is -4.77. The molecule has 4 rings (SSSR count). The Morgan fingerprint density at radius 1 is 1.11 bits per heavy atom. The highest BCUT2D eigenvalue weighted by Gasteiger charge is 2.34. The molecule has 2 heterocycles. The molecule has 1 amide bonds. The number of fused-ring (bicyclic) bond motifs is 1. The Morgan fingerprint density at radius 2 is 1.86 bits per heavy atom. The quantitative estimate of drug-likeness (QED) is 0.504. The van der Waals surface area contributed by atoms with Crippen molar-refractivity contribution in [2.24, 2.45) is 5.92 Å². The molecule has 7 nitrogen and oxygen atoms in total. The van der Waals surface area contributed by atoms with Crippen LogP contribution in [0.1, 0.15) is 31.4 Å². The number of nitrogens with zero attached hydrogens (tertiary/aromatic N) is 2. The van der Waals surface area contributed by atoms with Gasteiger partial charge in [0.15, 0.2) is 11.5 Å². The minimum absolute atomic E-state index is 0.148. The van der Waals surface area contributed by atoms with Gasteiger partial charge in [-0.25, -0.2) is 0 Å². The number of hydrogen-bond donors (Lipinski definition) is 0. The Balaban J connectivity index is 1.44. The van der Waals surface area contributed by atoms with Crippen LogP contribution in [0, 0.1) is 5.92 Å². The molecule has 2 aromatic rings. The number of ether oxygens (including phenoxy) is 4. The fraction of sp³-hybridized carbons (Fsp3) is 0.519. The van der Waals surface area contributed by atoms with Gasteiger partial charge in [0.2, 0.25) is 0 Å². The molecular weight excluding hydrogens is 489 g/mol. The number of alkyl halides is 3. The van der Waals surface area contributed by atoms with Crippen LogP contribution in [0.3, 0.4) is 0 Å². The number of morpholine rings is 1. The maximum absolute atomic E-state index is 13.6. The summed E-state index contributed by atoms with van der Waals surface area (Å²) in [6, 6.07) is 11.8. The second-order valence-electron chi connectivity index (χ2n) is 9.69. The molecule has 0 N–H and O–H groups in total. The molecule has 2 aromatic carbocycles. The van der Waals surface area contributed by atoms with E-state index in [2.05, 4.69) is 4.74 Å². The predicted octanol–water partition coefficient (Wildman–Crippen LogP) is 4.63. The van der Waals surface area contributed by atoms with Crippen LogP contribution in [-0.2, 0) is 22.6 Å². The van der Waals surface area contributed by atoms with Gasteiger partial charge >= 0.3 is 6.36 Å². The molecule has 1 saturated heterocycles. The molecule has 0 saturated carbocycles. The zero-order valence-corrected chi connectivity index (χ0v) is 21.1. The molecule has 2 aliphatic rings. The topological polar surface area (TPSA) is 60.5 Å². The molecule has 10 heteroatoms. The van der Waals surface area contributed by atoms with Crippen molar-refractivity contribution in [2.45, 2.75) is 45.8 Å². The van der Waals surface area contributed by atoms with E-state index in [1.165, 1.54) is 12.1 Å². The standard InChI is InChI=1S/C27H33F3N2O5/c1-19(2)15-32(16-20-8-9-23-24(14-20)35-12-5-11-34-23)26(33)25-18-31(10-13-36-25)17-21-6-3-4-7-22(21)37-27(28,29)30/h3-4,6-9,14,19,25H,5,10-13,15-18H2,1-2H3. The smallest absolute Gasteiger partial charge is 0.490 e. The van der Waals surface area contributed by atoms with Gasteiger partial charge in [-0.1, -0.05) is 38.1 Å². The summed E-state index contributed by atoms with van der Waals surface area (Å²) in [6.07, 6.45) is -4.68. The largest absolute Gasteiger partial charge is 0.573 e. The van der Waals surface area contributed by atoms with Gasteiger partial charge in [-0.2, -0.15) is 0 Å². The second kappa shape index (κ2) is 12.0. The molecule has 1 atom stereocenters. The van der Waals surface area contributed by atoms with E-state index in [9.17, 15) is 18.0 Å². The van der Waals surface area contributed by atoms with Gasteiger partial charge < -0.3 is 23.8 Å². The Morgan fingerprint density at radius 3 is 2.62 bits per heavy atom. The highest BCUT2D eigenvalue weighted by Crippen LogP contribution is 2.31. The summed E-state index contributed by atoms with van der Waals surface area (Å²) in [5.41, 5.74) is 1.32. The van der Waals surface area contributed by atoms with Crippen LogP contribution >= 0.6 is 0 Å². The van der Waals surface area contributed by atoms with Gasteiger partial charge in [0.25, 0.3) is 5.91 Å². The molecule has 0 aromatic heterocycles. The summed E-state index contributed by atoms with van der Waals surface area (Å²) < 4.78 is 60.0. The van der Waals surface area contributed by atoms with Crippen molar-refractivity contribution < 1.29 is 36.9 Å². The number of hydrogen-bond acceptors (Lipinski definition) is 6. The number of halogens is 3. The van der Waals surface area contributed by atoms with E-state index < -0.39 is 12.5 Å². The number of amides is 1. The Kier molecular flexibility index (Phi) is 8.81. The average Bonchev–Trinajstić information content (AvgIpc) is 3.08. The monoisotopic (exact) mass is 522 g/mol. The Hall–Kier alpha value is -2.98. The zero-order valence-electron chi connectivity index (χ0n) is 21.1. The van der Waals surface area contributed by atoms with Gasteiger partial charge in [0.05, 0.1) is 19.8 Å². The van der Waals surface area contributed by atoms with Crippen molar-refractivity contribution in [1.82, 2.24) is 9.80 Å². The summed E-state index contributed by atoms with van der Waals surface area (Å²) in [5.74, 6) is 1.22. The maximum atomic E-state index is 13.6. The van der Waals surface area contributed by atoms with Crippen LogP contribution in [0.15, 0.2) is 42.5 Å². The van der Waals surface area contributed by atoms with Crippen molar-refractivity contribution in [3.8, 4) is 17.2 Å². The third-order valence-electron chi connectivity index (χ3n) is 6.10. The lowest BCUT2D eigenvalue weighted by atomic mass is 10.1. The number of benzene rings is 2. The first kappa shape index (κ1) is 27.1. The Labute approximate surface area is 215 Å². The highest BCUT2D eigenvalue weighted by molar-refractivity contribution is 5.81. The predicted molar refractivity (Wildman–Crippen MR) is 130 cm³/mol. The van der Waals surface area contributed by atoms with Crippen LogP contribution in [0.25, 0.3) is 0 Å². The molecule has 2 aliphatic heterocycles. The van der Waals surface area contributed by atoms with Gasteiger partial charge in [0.1, 0.15) is 11.9 Å². The lowest BCUT2D eigenvalue weighted by Crippen LogP contribution is -2.51. The summed E-state index contributed by atoms with van der Waals surface area (Å²) in [5, 5.41) is 0. The molecular formula is C27H33F3N2O5. The van der Waals surface area contributed by atoms with Crippen LogP contribution < -0.4 is 14.2 Å². The molecule has 0 aliphatic carbocycles. The van der Waals surface area contributed by atoms with E-state index in [1.54, 1.807) is 17.0 Å². The first-order chi connectivity index (χ1) is 17.7. The molecule has 37 heavy (non-hydrogen) atoms. The minimum Gasteiger partial charge on any atom is -0.490 e. The van der Waals surface area contributed by atoms with Crippen molar-refractivity contribution in [3.05, 3.63) is 53.6 Å². The van der Waals surface area contributed by atoms with Crippen molar-refractivity contribution in [2.75, 3.05) is 39.5 Å². The van der Waals surface area contributed by atoms with Crippen LogP contribution in [0.5, 0.6) is 17.2 Å². The second-order valence-corrected chi connectivity index (χ2v) is 9.69. The van der Waals surface area contributed by atoms with E-state index in [4.69, 9.17) is 14.2 Å². The van der Waals surface area contributed by atoms with Gasteiger partial charge in [-0.15, -0.1) is 13.2 Å². The molecule has 1 unspecified atom stereocenters. The highest BCUT2D eigenvalue weighted by atomic mass is 19.4. The average molecular weight is 523 g/mol. The van der Waals surface area contributed by atoms with Crippen LogP contribution in [0.2, 0.25) is 0 Å². The van der Waals surface area contributed by atoms with Crippen LogP contribution in [0.4, 0.5) is 13.2 Å². The number of para-hydroxylation sites is 1. The number of carbonyl (C=O) groups is 1. The lowest BCUT2D eigenvalue weighted by Gasteiger charge is -2.36. The van der Waals surface area contributed by atoms with Crippen molar-refractivity contribution >= 4 is 5.91 Å². The molecule has 202 valence electrons. The van der Waals surface area contributed by atoms with Gasteiger partial charge in [-0.05, 0) is 29.7 Å². The van der Waals surface area contributed by atoms with Gasteiger partial charge in [0, 0.05) is 44.7 Å². The molecule has 0 radical (unpaired) electrons.